The number of nitrogens with zero attached hydrogens (tertiary/aromatic N) is 2. The maximum atomic E-state index is 15.4. The van der Waals surface area contributed by atoms with Crippen LogP contribution in [0.5, 0.6) is 5.75 Å². The minimum Gasteiger partial charge on any atom is -0.491 e. The zero-order chi connectivity index (χ0) is 35.0. The van der Waals surface area contributed by atoms with Gasteiger partial charge in [-0.2, -0.15) is 0 Å². The summed E-state index contributed by atoms with van der Waals surface area (Å²) in [7, 11) is 0. The van der Waals surface area contributed by atoms with E-state index in [2.05, 4.69) is 10.2 Å². The summed E-state index contributed by atoms with van der Waals surface area (Å²) in [5.41, 5.74) is 2.40. The van der Waals surface area contributed by atoms with Gasteiger partial charge in [-0.15, -0.1) is 0 Å². The summed E-state index contributed by atoms with van der Waals surface area (Å²) in [6.07, 6.45) is 4.22. The largest absolute Gasteiger partial charge is 0.491 e. The van der Waals surface area contributed by atoms with Crippen LogP contribution in [-0.2, 0) is 24.5 Å². The van der Waals surface area contributed by atoms with Crippen molar-refractivity contribution < 1.29 is 29.0 Å². The van der Waals surface area contributed by atoms with Gasteiger partial charge < -0.3 is 24.8 Å². The molecule has 4 heterocycles. The van der Waals surface area contributed by atoms with Crippen molar-refractivity contribution in [2.75, 3.05) is 31.6 Å². The maximum absolute atomic E-state index is 15.4. The number of amides is 2. The summed E-state index contributed by atoms with van der Waals surface area (Å²) in [5, 5.41) is 12.6. The Morgan fingerprint density at radius 1 is 0.765 bits per heavy atom. The van der Waals surface area contributed by atoms with Crippen LogP contribution >= 0.6 is 0 Å². The van der Waals surface area contributed by atoms with Gasteiger partial charge in [-0.25, -0.2) is 0 Å². The van der Waals surface area contributed by atoms with Crippen molar-refractivity contribution >= 4 is 23.5 Å². The molecular formula is C42H43N3O6. The van der Waals surface area contributed by atoms with Gasteiger partial charge in [-0.3, -0.25) is 19.3 Å². The first-order chi connectivity index (χ1) is 25.0. The van der Waals surface area contributed by atoms with Crippen LogP contribution in [0, 0.1) is 5.92 Å². The third-order valence-electron chi connectivity index (χ3n) is 11.2. The highest BCUT2D eigenvalue weighted by atomic mass is 16.6. The van der Waals surface area contributed by atoms with Gasteiger partial charge in [0, 0.05) is 18.8 Å². The number of para-hydroxylation sites is 1. The number of aliphatic hydroxyl groups excluding tert-OH is 1. The normalized spacial score (nSPS) is 27.5. The minimum atomic E-state index is -1.47. The number of cyclic esters (lactones) is 1. The Bertz CT molecular complexity index is 1880. The number of hydrogen-bond acceptors (Lipinski definition) is 7. The van der Waals surface area contributed by atoms with Crippen LogP contribution in [0.15, 0.2) is 109 Å². The SMILES string of the molecule is O=C1O[C@@H](c2ccccc2)[C@@H](c2ccccc2)N2[C@@H](c3ccc(OCCO)cc3)[C@]3(C(=O)Nc4ccccc43)[C@@H](C(=O)N3CCCCCCC3)[C@H]12. The molecular weight excluding hydrogens is 642 g/mol. The highest BCUT2D eigenvalue weighted by Gasteiger charge is 2.74. The minimum absolute atomic E-state index is 0.123. The molecule has 0 aromatic heterocycles. The number of nitrogens with one attached hydrogen (secondary N) is 1. The van der Waals surface area contributed by atoms with Gasteiger partial charge in [0.2, 0.25) is 11.8 Å². The lowest BCUT2D eigenvalue weighted by Gasteiger charge is -2.46. The molecule has 2 amide bonds. The average Bonchev–Trinajstić information content (AvgIpc) is 3.63. The van der Waals surface area contributed by atoms with Gasteiger partial charge in [0.1, 0.15) is 29.9 Å². The van der Waals surface area contributed by atoms with Crippen LogP contribution in [0.3, 0.4) is 0 Å². The van der Waals surface area contributed by atoms with E-state index in [4.69, 9.17) is 9.47 Å². The standard InChI is InChI=1S/C42H43N3O6/c46-26-27-50-31-22-20-30(21-23-31)38-42(32-18-10-11-19-33(32)43-41(42)49)34(39(47)44-24-12-2-1-3-13-25-44)36-40(48)51-37(29-16-8-5-9-17-29)35(45(36)38)28-14-6-4-7-15-28/h4-11,14-23,34-38,46H,1-3,12-13,24-27H2,(H,43,49)/t34-,35-,36-,37+,38+,42-/m1/s1. The number of morpholine rings is 1. The molecule has 0 radical (unpaired) electrons. The Labute approximate surface area is 298 Å². The molecule has 51 heavy (non-hydrogen) atoms. The quantitative estimate of drug-likeness (QED) is 0.226. The number of aliphatic hydroxyl groups is 1. The van der Waals surface area contributed by atoms with Crippen LogP contribution in [0.25, 0.3) is 0 Å². The lowest BCUT2D eigenvalue weighted by molar-refractivity contribution is -0.179. The Hall–Kier alpha value is -4.99. The second-order valence-corrected chi connectivity index (χ2v) is 14.0. The molecule has 262 valence electrons. The Morgan fingerprint density at radius 3 is 2.08 bits per heavy atom. The molecule has 2 N–H and O–H groups in total. The third-order valence-corrected chi connectivity index (χ3v) is 11.2. The van der Waals surface area contributed by atoms with E-state index >= 15 is 9.59 Å². The Kier molecular flexibility index (Phi) is 9.08. The topological polar surface area (TPSA) is 108 Å². The summed E-state index contributed by atoms with van der Waals surface area (Å²) < 4.78 is 12.3. The average molecular weight is 686 g/mol. The summed E-state index contributed by atoms with van der Waals surface area (Å²) >= 11 is 0. The van der Waals surface area contributed by atoms with E-state index in [0.29, 0.717) is 30.1 Å². The van der Waals surface area contributed by atoms with Crippen molar-refractivity contribution in [3.8, 4) is 5.75 Å². The van der Waals surface area contributed by atoms with Crippen LogP contribution in [0.2, 0.25) is 0 Å². The van der Waals surface area contributed by atoms with Crippen LogP contribution < -0.4 is 10.1 Å². The molecule has 0 unspecified atom stereocenters. The number of hydrogen-bond donors (Lipinski definition) is 2. The van der Waals surface area contributed by atoms with Gasteiger partial charge in [0.25, 0.3) is 0 Å². The van der Waals surface area contributed by atoms with Crippen molar-refractivity contribution in [2.24, 2.45) is 5.92 Å². The monoisotopic (exact) mass is 685 g/mol. The molecule has 0 saturated carbocycles. The number of benzene rings is 4. The maximum Gasteiger partial charge on any atom is 0.324 e. The van der Waals surface area contributed by atoms with E-state index in [1.807, 2.05) is 114 Å². The van der Waals surface area contributed by atoms with Crippen molar-refractivity contribution in [3.05, 3.63) is 131 Å². The van der Waals surface area contributed by atoms with Gasteiger partial charge in [0.05, 0.1) is 24.6 Å². The van der Waals surface area contributed by atoms with E-state index in [0.717, 1.165) is 48.8 Å². The molecule has 0 bridgehead atoms. The zero-order valence-corrected chi connectivity index (χ0v) is 28.5. The molecule has 8 rings (SSSR count). The predicted molar refractivity (Wildman–Crippen MR) is 192 cm³/mol. The molecule has 4 aliphatic heterocycles. The van der Waals surface area contributed by atoms with Gasteiger partial charge in [-0.1, -0.05) is 110 Å². The van der Waals surface area contributed by atoms with Gasteiger partial charge in [-0.05, 0) is 53.3 Å². The molecule has 6 atom stereocenters. The number of carbonyl (C=O) groups excluding carboxylic acids is 3. The van der Waals surface area contributed by atoms with E-state index < -0.39 is 41.5 Å². The molecule has 3 saturated heterocycles. The number of likely N-dealkylation sites (tertiary alicyclic amines) is 1. The summed E-state index contributed by atoms with van der Waals surface area (Å²) in [4.78, 5) is 49.4. The lowest BCUT2D eigenvalue weighted by atomic mass is 9.65. The van der Waals surface area contributed by atoms with Gasteiger partial charge in [0.15, 0.2) is 0 Å². The lowest BCUT2D eigenvalue weighted by Crippen LogP contribution is -2.55. The van der Waals surface area contributed by atoms with Crippen LogP contribution in [0.1, 0.15) is 72.5 Å². The molecule has 4 aromatic carbocycles. The highest BCUT2D eigenvalue weighted by molar-refractivity contribution is 6.12. The van der Waals surface area contributed by atoms with Crippen molar-refractivity contribution in [1.82, 2.24) is 9.80 Å². The molecule has 9 nitrogen and oxygen atoms in total. The zero-order valence-electron chi connectivity index (χ0n) is 28.5. The van der Waals surface area contributed by atoms with Crippen molar-refractivity contribution in [1.29, 1.82) is 0 Å². The number of fused-ring (bicyclic) bond motifs is 3. The van der Waals surface area contributed by atoms with Crippen LogP contribution in [0.4, 0.5) is 5.69 Å². The highest BCUT2D eigenvalue weighted by Crippen LogP contribution is 2.65. The number of carbonyl (C=O) groups is 3. The fourth-order valence-corrected chi connectivity index (χ4v) is 9.10. The molecule has 1 spiro atoms. The van der Waals surface area contributed by atoms with E-state index in [1.54, 1.807) is 0 Å². The fourth-order valence-electron chi connectivity index (χ4n) is 9.10. The third kappa shape index (κ3) is 5.59. The molecule has 4 aromatic rings. The molecule has 4 aliphatic rings. The number of esters is 1. The Morgan fingerprint density at radius 2 is 1.39 bits per heavy atom. The van der Waals surface area contributed by atoms with Crippen LogP contribution in [-0.4, -0.2) is 65.0 Å². The van der Waals surface area contributed by atoms with E-state index in [-0.39, 0.29) is 25.0 Å². The molecule has 3 fully saturated rings. The number of ether oxygens (including phenoxy) is 2. The molecule has 9 heteroatoms. The van der Waals surface area contributed by atoms with Crippen molar-refractivity contribution in [2.45, 2.75) is 61.7 Å². The summed E-state index contributed by atoms with van der Waals surface area (Å²) in [6, 6.07) is 32.4. The summed E-state index contributed by atoms with van der Waals surface area (Å²) in [6.45, 7) is 1.17. The first-order valence-electron chi connectivity index (χ1n) is 18.1. The van der Waals surface area contributed by atoms with Crippen molar-refractivity contribution in [3.63, 3.8) is 0 Å². The summed E-state index contributed by atoms with van der Waals surface area (Å²) in [5.74, 6) is -1.49. The van der Waals surface area contributed by atoms with Gasteiger partial charge >= 0.3 is 5.97 Å². The number of anilines is 1. The fraction of sp³-hybridized carbons (Fsp3) is 0.357. The smallest absolute Gasteiger partial charge is 0.324 e. The second kappa shape index (κ2) is 14.0. The predicted octanol–water partition coefficient (Wildman–Crippen LogP) is 6.12. The first kappa shape index (κ1) is 33.2. The van der Waals surface area contributed by atoms with E-state index in [1.165, 1.54) is 0 Å². The number of rotatable bonds is 7. The van der Waals surface area contributed by atoms with E-state index in [9.17, 15) is 9.90 Å². The molecule has 0 aliphatic carbocycles. The Balaban J connectivity index is 1.40. The second-order valence-electron chi connectivity index (χ2n) is 14.0. The first-order valence-corrected chi connectivity index (χ1v) is 18.1.